The molecular weight excluding hydrogens is 235 g/mol. The zero-order valence-electron chi connectivity index (χ0n) is 5.48. The molecule has 0 heterocycles. The highest BCUT2D eigenvalue weighted by molar-refractivity contribution is 6.65. The van der Waals surface area contributed by atoms with Gasteiger partial charge in [-0.05, 0) is 0 Å². The Morgan fingerprint density at radius 3 is 0.615 bits per heavy atom. The normalized spacial score (nSPS) is 15.2. The van der Waals surface area contributed by atoms with Crippen LogP contribution >= 0.6 is 0 Å². The van der Waals surface area contributed by atoms with Crippen LogP contribution in [0.2, 0.25) is 0 Å². The Kier molecular flexibility index (Phi) is 2.97. The second-order valence-electron chi connectivity index (χ2n) is 2.06. The smallest absolute Gasteiger partial charge is 0.176 e. The van der Waals surface area contributed by atoms with Crippen molar-refractivity contribution >= 4 is 8.80 Å². The summed E-state index contributed by atoms with van der Waals surface area (Å²) in [5, 5.41) is 0. The van der Waals surface area contributed by atoms with Crippen LogP contribution < -0.4 is 0 Å². The summed E-state index contributed by atoms with van der Waals surface area (Å²) in [4.78, 5) is 0. The second-order valence-corrected chi connectivity index (χ2v) is 4.89. The fraction of sp³-hybridized carbons (Fsp3) is 1.00. The number of halogens is 9. The van der Waals surface area contributed by atoms with Crippen LogP contribution in [0.5, 0.6) is 0 Å². The van der Waals surface area contributed by atoms with E-state index in [0.717, 1.165) is 0 Å². The standard InChI is InChI=1S/C3HF9Si/c4-1(5,6)13(2(7,8)9)3(10,11)12/h13H. The lowest BCUT2D eigenvalue weighted by atomic mass is 11.4. The first-order chi connectivity index (χ1) is 5.37. The average Bonchev–Trinajstić information content (AvgIpc) is 1.44. The lowest BCUT2D eigenvalue weighted by Crippen LogP contribution is -2.57. The minimum absolute atomic E-state index is 6.23. The molecular formula is C3HF9Si. The fourth-order valence-corrected chi connectivity index (χ4v) is 1.67. The second kappa shape index (κ2) is 3.06. The summed E-state index contributed by atoms with van der Waals surface area (Å²) in [5.41, 5.74) is 0. The Morgan fingerprint density at radius 2 is 0.615 bits per heavy atom. The summed E-state index contributed by atoms with van der Waals surface area (Å²) in [7, 11) is -6.80. The molecule has 13 heavy (non-hydrogen) atoms. The third-order valence-corrected chi connectivity index (χ3v) is 2.95. The van der Waals surface area contributed by atoms with Gasteiger partial charge in [0.1, 0.15) is 0 Å². The van der Waals surface area contributed by atoms with Gasteiger partial charge in [0.2, 0.25) is 0 Å². The van der Waals surface area contributed by atoms with Crippen molar-refractivity contribution in [2.45, 2.75) is 17.4 Å². The molecule has 0 atom stereocenters. The Balaban J connectivity index is 5.02. The highest BCUT2D eigenvalue weighted by atomic mass is 28.3. The summed E-state index contributed by atoms with van der Waals surface area (Å²) in [6.07, 6.45) is 0. The molecule has 0 aromatic rings. The zero-order chi connectivity index (χ0) is 11.1. The molecule has 0 unspecified atom stereocenters. The van der Waals surface area contributed by atoms with Crippen molar-refractivity contribution in [2.75, 3.05) is 0 Å². The molecule has 0 aliphatic carbocycles. The minimum Gasteiger partial charge on any atom is -0.176 e. The number of rotatable bonds is 0. The predicted octanol–water partition coefficient (Wildman–Crippen LogP) is 2.52. The summed E-state index contributed by atoms with van der Waals surface area (Å²) in [6, 6.07) is 0. The molecule has 0 rings (SSSR count). The van der Waals surface area contributed by atoms with Crippen LogP contribution in [0.1, 0.15) is 0 Å². The monoisotopic (exact) mass is 236 g/mol. The Morgan fingerprint density at radius 1 is 0.462 bits per heavy atom. The molecule has 0 bridgehead atoms. The van der Waals surface area contributed by atoms with E-state index in [4.69, 9.17) is 0 Å². The van der Waals surface area contributed by atoms with E-state index in [-0.39, 0.29) is 0 Å². The minimum atomic E-state index is -6.80. The third-order valence-electron chi connectivity index (χ3n) is 0.982. The van der Waals surface area contributed by atoms with Crippen molar-refractivity contribution in [3.63, 3.8) is 0 Å². The first-order valence-electron chi connectivity index (χ1n) is 2.57. The maximum Gasteiger partial charge on any atom is 0.410 e. The van der Waals surface area contributed by atoms with Crippen LogP contribution in [0.25, 0.3) is 0 Å². The van der Waals surface area contributed by atoms with E-state index in [1.54, 1.807) is 0 Å². The van der Waals surface area contributed by atoms with Crippen molar-refractivity contribution in [3.8, 4) is 0 Å². The van der Waals surface area contributed by atoms with Crippen LogP contribution in [-0.4, -0.2) is 26.2 Å². The lowest BCUT2D eigenvalue weighted by Gasteiger charge is -2.22. The van der Waals surface area contributed by atoms with Gasteiger partial charge < -0.3 is 0 Å². The molecule has 10 heteroatoms. The maximum absolute atomic E-state index is 11.3. The van der Waals surface area contributed by atoms with E-state index in [9.17, 15) is 39.5 Å². The largest absolute Gasteiger partial charge is 0.410 e. The number of hydrogen-bond acceptors (Lipinski definition) is 0. The molecule has 0 N–H and O–H groups in total. The first kappa shape index (κ1) is 12.6. The van der Waals surface area contributed by atoms with Gasteiger partial charge in [0.15, 0.2) is 0 Å². The van der Waals surface area contributed by atoms with Crippen LogP contribution in [0.4, 0.5) is 39.5 Å². The molecule has 0 radical (unpaired) electrons. The molecule has 0 spiro atoms. The van der Waals surface area contributed by atoms with Gasteiger partial charge in [-0.25, -0.2) is 0 Å². The van der Waals surface area contributed by atoms with Crippen molar-refractivity contribution in [2.24, 2.45) is 0 Å². The van der Waals surface area contributed by atoms with Gasteiger partial charge in [-0.15, -0.1) is 0 Å². The van der Waals surface area contributed by atoms with Gasteiger partial charge in [-0.3, -0.25) is 0 Å². The van der Waals surface area contributed by atoms with Crippen LogP contribution in [0, 0.1) is 0 Å². The SMILES string of the molecule is FC(F)(F)[SiH](C(F)(F)F)C(F)(F)F. The highest BCUT2D eigenvalue weighted by Crippen LogP contribution is 2.40. The molecule has 0 nitrogen and oxygen atoms in total. The van der Waals surface area contributed by atoms with Crippen LogP contribution in [0.15, 0.2) is 0 Å². The third kappa shape index (κ3) is 3.44. The number of hydrogen-bond donors (Lipinski definition) is 0. The van der Waals surface area contributed by atoms with Crippen molar-refractivity contribution in [1.29, 1.82) is 0 Å². The Bertz CT molecular complexity index is 137. The van der Waals surface area contributed by atoms with Gasteiger partial charge >= 0.3 is 26.2 Å². The van der Waals surface area contributed by atoms with Gasteiger partial charge in [0.05, 0.1) is 0 Å². The van der Waals surface area contributed by atoms with Crippen molar-refractivity contribution < 1.29 is 39.5 Å². The van der Waals surface area contributed by atoms with E-state index in [1.165, 1.54) is 0 Å². The molecule has 0 fully saturated rings. The quantitative estimate of drug-likeness (QED) is 0.448. The molecule has 0 aromatic carbocycles. The van der Waals surface area contributed by atoms with E-state index < -0.39 is 26.2 Å². The van der Waals surface area contributed by atoms with Gasteiger partial charge in [0, 0.05) is 0 Å². The molecule has 0 aliphatic heterocycles. The number of alkyl halides is 9. The first-order valence-corrected chi connectivity index (χ1v) is 4.30. The van der Waals surface area contributed by atoms with E-state index in [2.05, 4.69) is 0 Å². The average molecular weight is 236 g/mol. The van der Waals surface area contributed by atoms with Crippen LogP contribution in [0.3, 0.4) is 0 Å². The van der Waals surface area contributed by atoms with Gasteiger partial charge in [0.25, 0.3) is 0 Å². The summed E-state index contributed by atoms with van der Waals surface area (Å²) >= 11 is 0. The highest BCUT2D eigenvalue weighted by Gasteiger charge is 2.72. The summed E-state index contributed by atoms with van der Waals surface area (Å²) in [5.74, 6) is -18.7. The van der Waals surface area contributed by atoms with Gasteiger partial charge in [-0.2, -0.15) is 39.5 Å². The summed E-state index contributed by atoms with van der Waals surface area (Å²) < 4.78 is 102. The van der Waals surface area contributed by atoms with Crippen molar-refractivity contribution in [3.05, 3.63) is 0 Å². The predicted molar refractivity (Wildman–Crippen MR) is 25.3 cm³/mol. The Labute approximate surface area is 66.9 Å². The fourth-order valence-electron chi connectivity index (χ4n) is 0.557. The topological polar surface area (TPSA) is 0 Å². The molecule has 0 saturated heterocycles. The van der Waals surface area contributed by atoms with Crippen LogP contribution in [-0.2, 0) is 0 Å². The lowest BCUT2D eigenvalue weighted by molar-refractivity contribution is -0.151. The molecule has 0 amide bonds. The van der Waals surface area contributed by atoms with E-state index in [0.29, 0.717) is 0 Å². The van der Waals surface area contributed by atoms with E-state index >= 15 is 0 Å². The van der Waals surface area contributed by atoms with Gasteiger partial charge in [-0.1, -0.05) is 0 Å². The molecule has 80 valence electrons. The zero-order valence-corrected chi connectivity index (χ0v) is 6.63. The molecule has 0 aliphatic rings. The molecule has 0 aromatic heterocycles. The Hall–Kier alpha value is -0.413. The molecule has 0 saturated carbocycles. The maximum atomic E-state index is 11.3. The van der Waals surface area contributed by atoms with Crippen molar-refractivity contribution in [1.82, 2.24) is 0 Å². The van der Waals surface area contributed by atoms with E-state index in [1.807, 2.05) is 0 Å². The summed E-state index contributed by atoms with van der Waals surface area (Å²) in [6.45, 7) is 0.